The average Bonchev–Trinajstić information content (AvgIpc) is 2.49. The van der Waals surface area contributed by atoms with Crippen molar-refractivity contribution in [2.24, 2.45) is 11.3 Å². The lowest BCUT2D eigenvalue weighted by Gasteiger charge is -2.32. The molecule has 1 aliphatic rings. The molecule has 0 aromatic heterocycles. The molecule has 3 atom stereocenters. The van der Waals surface area contributed by atoms with E-state index in [0.29, 0.717) is 11.5 Å². The smallest absolute Gasteiger partial charge is 0.0612 e. The van der Waals surface area contributed by atoms with Crippen molar-refractivity contribution < 1.29 is 4.74 Å². The molecule has 1 nitrogen and oxygen atoms in total. The summed E-state index contributed by atoms with van der Waals surface area (Å²) >= 11 is 3.67. The van der Waals surface area contributed by atoms with Crippen molar-refractivity contribution in [2.45, 2.75) is 52.6 Å². The number of alkyl halides is 1. The summed E-state index contributed by atoms with van der Waals surface area (Å²) in [5.41, 5.74) is 0.411. The van der Waals surface area contributed by atoms with Crippen LogP contribution in [-0.4, -0.2) is 18.0 Å². The number of halogens is 1. The fourth-order valence-corrected chi connectivity index (χ4v) is 3.57. The van der Waals surface area contributed by atoms with Crippen molar-refractivity contribution in [1.29, 1.82) is 0 Å². The molecule has 0 aromatic carbocycles. The van der Waals surface area contributed by atoms with Crippen LogP contribution in [0.15, 0.2) is 0 Å². The Morgan fingerprint density at radius 2 is 2.29 bits per heavy atom. The lowest BCUT2D eigenvalue weighted by Crippen LogP contribution is -2.32. The molecule has 1 heterocycles. The number of rotatable bonds is 5. The molecular formula is C12H23BrO. The van der Waals surface area contributed by atoms with Crippen molar-refractivity contribution >= 4 is 15.9 Å². The SMILES string of the molecule is CCCC(C)CC1(CBr)CCOC1C. The topological polar surface area (TPSA) is 9.23 Å². The maximum Gasteiger partial charge on any atom is 0.0612 e. The molecule has 1 fully saturated rings. The van der Waals surface area contributed by atoms with Crippen LogP contribution in [0.4, 0.5) is 0 Å². The molecule has 0 aromatic rings. The summed E-state index contributed by atoms with van der Waals surface area (Å²) in [6.07, 6.45) is 5.62. The van der Waals surface area contributed by atoms with Crippen LogP contribution >= 0.6 is 15.9 Å². The third-order valence-corrected chi connectivity index (χ3v) is 4.75. The van der Waals surface area contributed by atoms with Crippen LogP contribution in [0.25, 0.3) is 0 Å². The first-order valence-corrected chi connectivity index (χ1v) is 6.94. The fraction of sp³-hybridized carbons (Fsp3) is 1.00. The van der Waals surface area contributed by atoms with E-state index >= 15 is 0 Å². The molecule has 0 saturated carbocycles. The van der Waals surface area contributed by atoms with Gasteiger partial charge in [-0.05, 0) is 25.7 Å². The molecule has 0 amide bonds. The van der Waals surface area contributed by atoms with Gasteiger partial charge in [0.15, 0.2) is 0 Å². The molecule has 0 bridgehead atoms. The molecule has 2 heteroatoms. The van der Waals surface area contributed by atoms with Crippen molar-refractivity contribution in [3.8, 4) is 0 Å². The van der Waals surface area contributed by atoms with Crippen molar-refractivity contribution in [3.05, 3.63) is 0 Å². The predicted octanol–water partition coefficient (Wildman–Crippen LogP) is 4.00. The Morgan fingerprint density at radius 1 is 1.57 bits per heavy atom. The Bertz CT molecular complexity index is 172. The van der Waals surface area contributed by atoms with Crippen LogP contribution in [0.5, 0.6) is 0 Å². The van der Waals surface area contributed by atoms with Gasteiger partial charge in [-0.25, -0.2) is 0 Å². The zero-order chi connectivity index (χ0) is 10.6. The van der Waals surface area contributed by atoms with Crippen LogP contribution < -0.4 is 0 Å². The van der Waals surface area contributed by atoms with Gasteiger partial charge >= 0.3 is 0 Å². The van der Waals surface area contributed by atoms with Crippen LogP contribution in [0.3, 0.4) is 0 Å². The number of hydrogen-bond donors (Lipinski definition) is 0. The Hall–Kier alpha value is 0.440. The van der Waals surface area contributed by atoms with Crippen molar-refractivity contribution in [3.63, 3.8) is 0 Å². The first-order chi connectivity index (χ1) is 6.64. The molecule has 3 unspecified atom stereocenters. The van der Waals surface area contributed by atoms with E-state index in [1.54, 1.807) is 0 Å². The molecule has 14 heavy (non-hydrogen) atoms. The quantitative estimate of drug-likeness (QED) is 0.681. The highest BCUT2D eigenvalue weighted by Crippen LogP contribution is 2.42. The second-order valence-electron chi connectivity index (χ2n) is 4.86. The Morgan fingerprint density at radius 3 is 2.71 bits per heavy atom. The molecule has 0 radical (unpaired) electrons. The normalized spacial score (nSPS) is 34.7. The molecule has 1 rings (SSSR count). The highest BCUT2D eigenvalue weighted by molar-refractivity contribution is 9.09. The van der Waals surface area contributed by atoms with E-state index in [1.165, 1.54) is 25.7 Å². The third kappa shape index (κ3) is 2.73. The number of hydrogen-bond acceptors (Lipinski definition) is 1. The van der Waals surface area contributed by atoms with Gasteiger partial charge in [-0.3, -0.25) is 0 Å². The van der Waals surface area contributed by atoms with E-state index in [1.807, 2.05) is 0 Å². The van der Waals surface area contributed by atoms with Crippen molar-refractivity contribution in [2.75, 3.05) is 11.9 Å². The summed E-state index contributed by atoms with van der Waals surface area (Å²) in [5.74, 6) is 0.835. The standard InChI is InChI=1S/C12H23BrO/c1-4-5-10(2)8-12(9-13)6-7-14-11(12)3/h10-11H,4-9H2,1-3H3. The molecule has 0 N–H and O–H groups in total. The lowest BCUT2D eigenvalue weighted by molar-refractivity contribution is 0.0627. The van der Waals surface area contributed by atoms with Gasteiger partial charge < -0.3 is 4.74 Å². The Kier molecular flexibility index (Phi) is 4.92. The van der Waals surface area contributed by atoms with Crippen LogP contribution in [0.2, 0.25) is 0 Å². The highest BCUT2D eigenvalue weighted by atomic mass is 79.9. The van der Waals surface area contributed by atoms with E-state index < -0.39 is 0 Å². The minimum atomic E-state index is 0.411. The Labute approximate surface area is 96.7 Å². The largest absolute Gasteiger partial charge is 0.378 e. The van der Waals surface area contributed by atoms with Gasteiger partial charge in [-0.1, -0.05) is 42.6 Å². The summed E-state index contributed by atoms with van der Waals surface area (Å²) in [5, 5.41) is 1.09. The van der Waals surface area contributed by atoms with E-state index in [4.69, 9.17) is 4.74 Å². The second-order valence-corrected chi connectivity index (χ2v) is 5.42. The average molecular weight is 263 g/mol. The van der Waals surface area contributed by atoms with Crippen LogP contribution in [0, 0.1) is 11.3 Å². The Balaban J connectivity index is 2.52. The van der Waals surface area contributed by atoms with E-state index in [-0.39, 0.29) is 0 Å². The van der Waals surface area contributed by atoms with E-state index in [0.717, 1.165) is 17.9 Å². The lowest BCUT2D eigenvalue weighted by atomic mass is 9.75. The fourth-order valence-electron chi connectivity index (χ4n) is 2.61. The van der Waals surface area contributed by atoms with Gasteiger partial charge in [0.25, 0.3) is 0 Å². The first-order valence-electron chi connectivity index (χ1n) is 5.82. The third-order valence-electron chi connectivity index (χ3n) is 3.63. The molecule has 84 valence electrons. The van der Waals surface area contributed by atoms with Gasteiger partial charge in [0.2, 0.25) is 0 Å². The minimum absolute atomic E-state index is 0.411. The molecule has 0 spiro atoms. The minimum Gasteiger partial charge on any atom is -0.378 e. The summed E-state index contributed by atoms with van der Waals surface area (Å²) in [6.45, 7) is 7.82. The van der Waals surface area contributed by atoms with Crippen LogP contribution in [-0.2, 0) is 4.74 Å². The van der Waals surface area contributed by atoms with Crippen LogP contribution in [0.1, 0.15) is 46.5 Å². The van der Waals surface area contributed by atoms with Gasteiger partial charge in [-0.2, -0.15) is 0 Å². The second kappa shape index (κ2) is 5.50. The zero-order valence-corrected chi connectivity index (χ0v) is 11.3. The summed E-state index contributed by atoms with van der Waals surface area (Å²) < 4.78 is 5.71. The predicted molar refractivity (Wildman–Crippen MR) is 64.9 cm³/mol. The monoisotopic (exact) mass is 262 g/mol. The molecule has 1 aliphatic heterocycles. The molecular weight excluding hydrogens is 240 g/mol. The summed E-state index contributed by atoms with van der Waals surface area (Å²) in [4.78, 5) is 0. The number of ether oxygens (including phenoxy) is 1. The maximum absolute atomic E-state index is 5.71. The molecule has 1 saturated heterocycles. The van der Waals surface area contributed by atoms with Gasteiger partial charge in [0, 0.05) is 17.4 Å². The van der Waals surface area contributed by atoms with Gasteiger partial charge in [-0.15, -0.1) is 0 Å². The van der Waals surface area contributed by atoms with Crippen molar-refractivity contribution in [1.82, 2.24) is 0 Å². The van der Waals surface area contributed by atoms with Gasteiger partial charge in [0.05, 0.1) is 6.10 Å². The van der Waals surface area contributed by atoms with E-state index in [9.17, 15) is 0 Å². The summed E-state index contributed by atoms with van der Waals surface area (Å²) in [7, 11) is 0. The highest BCUT2D eigenvalue weighted by Gasteiger charge is 2.41. The van der Waals surface area contributed by atoms with Gasteiger partial charge in [0.1, 0.15) is 0 Å². The summed E-state index contributed by atoms with van der Waals surface area (Å²) in [6, 6.07) is 0. The molecule has 0 aliphatic carbocycles. The first kappa shape index (κ1) is 12.5. The zero-order valence-electron chi connectivity index (χ0n) is 9.68. The van der Waals surface area contributed by atoms with E-state index in [2.05, 4.69) is 36.7 Å². The maximum atomic E-state index is 5.71.